The van der Waals surface area contributed by atoms with Gasteiger partial charge in [-0.25, -0.2) is 24.0 Å². The van der Waals surface area contributed by atoms with E-state index in [1.54, 1.807) is 24.5 Å². The van der Waals surface area contributed by atoms with Crippen LogP contribution >= 0.6 is 0 Å². The Bertz CT molecular complexity index is 2920. The van der Waals surface area contributed by atoms with Gasteiger partial charge in [0.1, 0.15) is 38.8 Å². The van der Waals surface area contributed by atoms with Crippen molar-refractivity contribution >= 4 is 89.0 Å². The summed E-state index contributed by atoms with van der Waals surface area (Å²) in [5, 5.41) is 16.9. The number of ketones is 1. The van der Waals surface area contributed by atoms with Gasteiger partial charge >= 0.3 is 53.7 Å². The number of aliphatic carboxylic acids is 2. The highest BCUT2D eigenvalue weighted by Gasteiger charge is 2.25. The maximum atomic E-state index is 11.9. The topological polar surface area (TPSA) is 377 Å². The second-order valence-electron chi connectivity index (χ2n) is 21.5. The molecule has 0 spiro atoms. The molecule has 5 amide bonds. The number of amides is 5. The van der Waals surface area contributed by atoms with E-state index in [2.05, 4.69) is 42.4 Å². The number of Topliss-reactive ketones (excluding diaryl/α,β-unsaturated/α-hetero) is 1. The Labute approximate surface area is 545 Å². The van der Waals surface area contributed by atoms with Crippen LogP contribution in [0.3, 0.4) is 0 Å². The lowest BCUT2D eigenvalue weighted by molar-refractivity contribution is -0.146. The van der Waals surface area contributed by atoms with Crippen LogP contribution in [0.1, 0.15) is 108 Å². The fourth-order valence-electron chi connectivity index (χ4n) is 8.94. The van der Waals surface area contributed by atoms with Crippen LogP contribution in [-0.4, -0.2) is 236 Å². The Morgan fingerprint density at radius 3 is 1.01 bits per heavy atom. The minimum atomic E-state index is -1.21. The number of carbonyl (C=O) groups excluding carboxylic acids is 13. The number of hydrogen-bond donors (Lipinski definition) is 2. The summed E-state index contributed by atoms with van der Waals surface area (Å²) in [6, 6.07) is 9.73. The molecule has 0 aromatic heterocycles. The quantitative estimate of drug-likeness (QED) is 0.0579. The lowest BCUT2D eigenvalue weighted by atomic mass is 10.0. The highest BCUT2D eigenvalue weighted by Crippen LogP contribution is 2.15. The molecule has 5 aliphatic heterocycles. The molecule has 29 nitrogen and oxygen atoms in total. The fourth-order valence-corrected chi connectivity index (χ4v) is 8.94. The van der Waals surface area contributed by atoms with Crippen LogP contribution in [0.25, 0.3) is 0 Å². The van der Waals surface area contributed by atoms with Gasteiger partial charge in [-0.15, -0.1) is 0 Å². The van der Waals surface area contributed by atoms with E-state index in [9.17, 15) is 71.9 Å². The van der Waals surface area contributed by atoms with E-state index in [1.165, 1.54) is 14.2 Å². The van der Waals surface area contributed by atoms with E-state index in [4.69, 9.17) is 33.9 Å². The number of ether oxygens (including phenoxy) is 7. The van der Waals surface area contributed by atoms with Gasteiger partial charge in [-0.05, 0) is 44.1 Å². The van der Waals surface area contributed by atoms with Crippen molar-refractivity contribution in [3.63, 3.8) is 0 Å². The second kappa shape index (κ2) is 44.6. The number of aryl methyl sites for hydroxylation is 1. The lowest BCUT2D eigenvalue weighted by Gasteiger charge is -2.15. The molecule has 5 fully saturated rings. The van der Waals surface area contributed by atoms with Gasteiger partial charge in [0.25, 0.3) is 0 Å². The Hall–Kier alpha value is -9.83. The van der Waals surface area contributed by atoms with Gasteiger partial charge in [0.15, 0.2) is 0 Å². The third-order valence-electron chi connectivity index (χ3n) is 14.1. The van der Waals surface area contributed by atoms with Crippen LogP contribution in [-0.2, 0) is 111 Å². The van der Waals surface area contributed by atoms with Crippen LogP contribution in [0.5, 0.6) is 0 Å². The summed E-state index contributed by atoms with van der Waals surface area (Å²) in [5.74, 6) is -6.23. The molecule has 5 aliphatic rings. The zero-order chi connectivity index (χ0) is 70.1. The number of hydrogen-bond acceptors (Lipinski definition) is 22. The molecule has 1 aromatic carbocycles. The van der Waals surface area contributed by atoms with Gasteiger partial charge in [-0.3, -0.25) is 47.9 Å². The van der Waals surface area contributed by atoms with E-state index < -0.39 is 60.1 Å². The molecule has 2 N–H and O–H groups in total. The minimum Gasteiger partial charge on any atom is -0.481 e. The summed E-state index contributed by atoms with van der Waals surface area (Å²) in [4.78, 5) is 176. The summed E-state index contributed by atoms with van der Waals surface area (Å²) in [6.45, 7) is 23.0. The summed E-state index contributed by atoms with van der Waals surface area (Å²) in [5.41, 5.74) is 1.07. The molecule has 5 heterocycles. The van der Waals surface area contributed by atoms with Crippen molar-refractivity contribution in [2.75, 3.05) is 113 Å². The van der Waals surface area contributed by atoms with Gasteiger partial charge in [-0.1, -0.05) is 63.2 Å². The maximum absolute atomic E-state index is 11.9. The van der Waals surface area contributed by atoms with E-state index in [0.29, 0.717) is 104 Å². The first-order valence-electron chi connectivity index (χ1n) is 30.4. The molecule has 6 rings (SSSR count). The number of nitrogens with zero attached hydrogens (tertiary/aromatic N) is 5. The number of likely N-dealkylation sites (tertiary alicyclic amines) is 5. The predicted octanol–water partition coefficient (Wildman–Crippen LogP) is 3.21. The standard InChI is InChI=1S/C19H23NO4.2C12H17NO5.2C11H15NO5/c1-15(14-17(21)10-9-16-6-3-2-4-7-16)19(23)24-13-12-20-11-5-8-18(20)22;1-9(12(16)17-2)8-11(15)18-7-6-13-5-3-4-10(13)14;1-9(8-11(15)17-2)12(16)18-7-6-13-5-3-4-10(13)14;1-8(11(15)16)7-10(14)17-6-5-12-4-2-3-9(12)13;1-8(7-10(14)15)11(16)17-6-5-12-4-2-3-9(12)13/h2-4,6-7H,1,5,8-14H2;2*1,3-8H2,2H3;1-7H2,(H,15,16);1-7H2,(H,14,15). The summed E-state index contributed by atoms with van der Waals surface area (Å²) >= 11 is 0. The zero-order valence-corrected chi connectivity index (χ0v) is 53.7. The number of benzene rings is 1. The first-order valence-corrected chi connectivity index (χ1v) is 30.4. The number of carboxylic acids is 2. The molecule has 0 saturated carbocycles. The largest absolute Gasteiger partial charge is 0.481 e. The van der Waals surface area contributed by atoms with E-state index >= 15 is 0 Å². The van der Waals surface area contributed by atoms with Crippen molar-refractivity contribution in [3.8, 4) is 0 Å². The summed E-state index contributed by atoms with van der Waals surface area (Å²) < 4.78 is 33.4. The average Bonchev–Trinajstić information content (AvgIpc) is 3.00. The number of carbonyl (C=O) groups is 15. The SMILES string of the molecule is C=C(CC(=O)CCc1ccccc1)C(=O)OCCN1CCCC1=O.C=C(CC(=O)O)C(=O)OCCN1CCCC1=O.C=C(CC(=O)OC)C(=O)OCCN1CCCC1=O.C=C(CC(=O)OCCN1CCCC1=O)C(=O)O.C=C(CC(=O)OCCN1CCCC1=O)C(=O)OC. The normalized spacial score (nSPS) is 14.4. The highest BCUT2D eigenvalue weighted by molar-refractivity contribution is 5.96. The van der Waals surface area contributed by atoms with Gasteiger partial charge in [0.05, 0.1) is 72.6 Å². The van der Waals surface area contributed by atoms with Crippen molar-refractivity contribution in [1.29, 1.82) is 0 Å². The lowest BCUT2D eigenvalue weighted by Crippen LogP contribution is -2.29. The van der Waals surface area contributed by atoms with Crippen molar-refractivity contribution in [2.45, 2.75) is 109 Å². The molecule has 0 aliphatic carbocycles. The Kier molecular flexibility index (Phi) is 38.1. The summed E-state index contributed by atoms with van der Waals surface area (Å²) in [7, 11) is 2.46. The maximum Gasteiger partial charge on any atom is 0.334 e. The third-order valence-corrected chi connectivity index (χ3v) is 14.1. The van der Waals surface area contributed by atoms with Crippen LogP contribution in [0.15, 0.2) is 91.1 Å². The number of methoxy groups -OCH3 is 2. The molecule has 0 atom stereocenters. The molecular formula is C65H87N5O24. The second-order valence-corrected chi connectivity index (χ2v) is 21.5. The molecular weight excluding hydrogens is 1230 g/mol. The smallest absolute Gasteiger partial charge is 0.334 e. The molecule has 1 aromatic rings. The molecule has 5 saturated heterocycles. The van der Waals surface area contributed by atoms with Crippen LogP contribution < -0.4 is 0 Å². The molecule has 0 bridgehead atoms. The van der Waals surface area contributed by atoms with Gasteiger partial charge in [-0.2, -0.15) is 0 Å². The van der Waals surface area contributed by atoms with Crippen molar-refractivity contribution < 1.29 is 115 Å². The van der Waals surface area contributed by atoms with E-state index in [1.807, 2.05) is 30.3 Å². The van der Waals surface area contributed by atoms with Crippen molar-refractivity contribution in [1.82, 2.24) is 24.5 Å². The van der Waals surface area contributed by atoms with E-state index in [-0.39, 0.29) is 122 Å². The Morgan fingerprint density at radius 1 is 0.394 bits per heavy atom. The Morgan fingerprint density at radius 2 is 0.702 bits per heavy atom. The highest BCUT2D eigenvalue weighted by atomic mass is 16.6. The van der Waals surface area contributed by atoms with Crippen LogP contribution in [0.2, 0.25) is 0 Å². The van der Waals surface area contributed by atoms with Crippen molar-refractivity contribution in [3.05, 3.63) is 96.7 Å². The number of carboxylic acid groups (broad SMARTS) is 2. The minimum absolute atomic E-state index is 0.00825. The van der Waals surface area contributed by atoms with Crippen LogP contribution in [0, 0.1) is 0 Å². The predicted molar refractivity (Wildman–Crippen MR) is 332 cm³/mol. The zero-order valence-electron chi connectivity index (χ0n) is 53.7. The first kappa shape index (κ1) is 80.3. The molecule has 0 radical (unpaired) electrons. The molecule has 516 valence electrons. The summed E-state index contributed by atoms with van der Waals surface area (Å²) in [6.07, 6.45) is 6.90. The third kappa shape index (κ3) is 33.5. The van der Waals surface area contributed by atoms with E-state index in [0.717, 1.165) is 44.2 Å². The average molecular weight is 1320 g/mol. The van der Waals surface area contributed by atoms with Gasteiger partial charge in [0, 0.05) is 106 Å². The van der Waals surface area contributed by atoms with Gasteiger partial charge in [0.2, 0.25) is 29.5 Å². The fraction of sp³-hybridized carbons (Fsp3) is 0.523. The molecule has 0 unspecified atom stereocenters. The monoisotopic (exact) mass is 1320 g/mol. The first-order chi connectivity index (χ1) is 44.6. The van der Waals surface area contributed by atoms with Gasteiger partial charge < -0.3 is 67.9 Å². The van der Waals surface area contributed by atoms with Crippen LogP contribution in [0.4, 0.5) is 0 Å². The Balaban J connectivity index is 0.000000403. The molecule has 94 heavy (non-hydrogen) atoms. The molecule has 29 heteroatoms. The van der Waals surface area contributed by atoms with Crippen molar-refractivity contribution in [2.24, 2.45) is 0 Å². The number of esters is 7. The number of rotatable bonds is 33.